The van der Waals surface area contributed by atoms with Gasteiger partial charge in [0.05, 0.1) is 6.20 Å². The van der Waals surface area contributed by atoms with E-state index < -0.39 is 0 Å². The highest BCUT2D eigenvalue weighted by Crippen LogP contribution is 2.21. The Morgan fingerprint density at radius 3 is 2.94 bits per heavy atom. The summed E-state index contributed by atoms with van der Waals surface area (Å²) in [5.74, 6) is 0.847. The zero-order valence-electron chi connectivity index (χ0n) is 9.72. The van der Waals surface area contributed by atoms with Crippen LogP contribution in [0.3, 0.4) is 0 Å². The molecule has 0 aliphatic carbocycles. The van der Waals surface area contributed by atoms with Crippen molar-refractivity contribution in [1.82, 2.24) is 9.88 Å². The summed E-state index contributed by atoms with van der Waals surface area (Å²) in [6, 6.07) is 1.92. The molecule has 0 atom stereocenters. The smallest absolute Gasteiger partial charge is 0.142 e. The summed E-state index contributed by atoms with van der Waals surface area (Å²) in [5.41, 5.74) is 6.70. The van der Waals surface area contributed by atoms with Gasteiger partial charge < -0.3 is 15.4 Å². The maximum atomic E-state index is 5.96. The van der Waals surface area contributed by atoms with Gasteiger partial charge in [0.25, 0.3) is 0 Å². The molecule has 1 saturated heterocycles. The highest BCUT2D eigenvalue weighted by atomic mass is 16.5. The summed E-state index contributed by atoms with van der Waals surface area (Å²) in [5, 5.41) is 0. The summed E-state index contributed by atoms with van der Waals surface area (Å²) >= 11 is 0. The van der Waals surface area contributed by atoms with Gasteiger partial charge in [-0.15, -0.1) is 0 Å². The predicted molar refractivity (Wildman–Crippen MR) is 63.3 cm³/mol. The number of ether oxygens (including phenoxy) is 1. The molecule has 0 spiro atoms. The first kappa shape index (κ1) is 11.4. The molecule has 2 N–H and O–H groups in total. The number of likely N-dealkylation sites (tertiary alicyclic amines) is 1. The van der Waals surface area contributed by atoms with Crippen molar-refractivity contribution in [3.05, 3.63) is 24.0 Å². The molecule has 4 heteroatoms. The average Bonchev–Trinajstić information content (AvgIpc) is 2.33. The number of aromatic nitrogens is 1. The van der Waals surface area contributed by atoms with E-state index in [9.17, 15) is 0 Å². The van der Waals surface area contributed by atoms with Crippen LogP contribution < -0.4 is 10.5 Å². The van der Waals surface area contributed by atoms with Crippen LogP contribution in [0.1, 0.15) is 18.4 Å². The lowest BCUT2D eigenvalue weighted by Crippen LogP contribution is -2.35. The van der Waals surface area contributed by atoms with Gasteiger partial charge in [-0.05, 0) is 26.0 Å². The molecule has 16 heavy (non-hydrogen) atoms. The first-order chi connectivity index (χ1) is 7.79. The molecule has 0 bridgehead atoms. The molecule has 0 unspecified atom stereocenters. The minimum atomic E-state index is 0.311. The zero-order chi connectivity index (χ0) is 11.4. The lowest BCUT2D eigenvalue weighted by molar-refractivity contribution is 0.113. The molecule has 4 nitrogen and oxygen atoms in total. The maximum absolute atomic E-state index is 5.96. The van der Waals surface area contributed by atoms with Gasteiger partial charge in [-0.1, -0.05) is 0 Å². The Morgan fingerprint density at radius 2 is 2.25 bits per heavy atom. The quantitative estimate of drug-likeness (QED) is 0.827. The van der Waals surface area contributed by atoms with E-state index in [1.807, 2.05) is 6.07 Å². The fraction of sp³-hybridized carbons (Fsp3) is 0.583. The Bertz CT molecular complexity index is 335. The van der Waals surface area contributed by atoms with E-state index in [1.165, 1.54) is 0 Å². The lowest BCUT2D eigenvalue weighted by Gasteiger charge is -2.29. The highest BCUT2D eigenvalue weighted by molar-refractivity contribution is 5.29. The van der Waals surface area contributed by atoms with Crippen LogP contribution in [-0.2, 0) is 6.54 Å². The summed E-state index contributed by atoms with van der Waals surface area (Å²) in [6.45, 7) is 2.70. The van der Waals surface area contributed by atoms with Gasteiger partial charge in [0.2, 0.25) is 0 Å². The molecule has 0 amide bonds. The number of piperidine rings is 1. The van der Waals surface area contributed by atoms with E-state index in [0.29, 0.717) is 12.6 Å². The Balaban J connectivity index is 1.98. The van der Waals surface area contributed by atoms with Gasteiger partial charge in [-0.3, -0.25) is 4.98 Å². The van der Waals surface area contributed by atoms with Gasteiger partial charge in [0.1, 0.15) is 11.9 Å². The number of hydrogen-bond acceptors (Lipinski definition) is 4. The standard InChI is InChI=1S/C12H19N3O/c1-15-6-3-11(4-7-15)16-12-9-14-5-2-10(12)8-13/h2,5,9,11H,3-4,6-8,13H2,1H3. The van der Waals surface area contributed by atoms with Gasteiger partial charge in [0, 0.05) is 31.4 Å². The van der Waals surface area contributed by atoms with Crippen LogP contribution in [0, 0.1) is 0 Å². The molecular weight excluding hydrogens is 202 g/mol. The summed E-state index contributed by atoms with van der Waals surface area (Å²) in [4.78, 5) is 6.41. The van der Waals surface area contributed by atoms with E-state index in [0.717, 1.165) is 37.2 Å². The monoisotopic (exact) mass is 221 g/mol. The minimum absolute atomic E-state index is 0.311. The highest BCUT2D eigenvalue weighted by Gasteiger charge is 2.18. The van der Waals surface area contributed by atoms with Crippen LogP contribution in [0.4, 0.5) is 0 Å². The summed E-state index contributed by atoms with van der Waals surface area (Å²) in [7, 11) is 2.14. The van der Waals surface area contributed by atoms with E-state index in [-0.39, 0.29) is 0 Å². The first-order valence-electron chi connectivity index (χ1n) is 5.77. The third-order valence-corrected chi connectivity index (χ3v) is 3.05. The van der Waals surface area contributed by atoms with Gasteiger partial charge in [-0.25, -0.2) is 0 Å². The Hall–Kier alpha value is -1.13. The van der Waals surface area contributed by atoms with Gasteiger partial charge >= 0.3 is 0 Å². The van der Waals surface area contributed by atoms with Crippen molar-refractivity contribution in [3.8, 4) is 5.75 Å². The number of nitrogens with two attached hydrogens (primary N) is 1. The molecule has 1 aromatic rings. The maximum Gasteiger partial charge on any atom is 0.142 e. The van der Waals surface area contributed by atoms with Crippen molar-refractivity contribution in [2.75, 3.05) is 20.1 Å². The largest absolute Gasteiger partial charge is 0.488 e. The van der Waals surface area contributed by atoms with Crippen molar-refractivity contribution < 1.29 is 4.74 Å². The second kappa shape index (κ2) is 5.27. The van der Waals surface area contributed by atoms with Crippen LogP contribution in [-0.4, -0.2) is 36.1 Å². The number of pyridine rings is 1. The minimum Gasteiger partial charge on any atom is -0.488 e. The number of nitrogens with zero attached hydrogens (tertiary/aromatic N) is 2. The second-order valence-corrected chi connectivity index (χ2v) is 4.31. The Kier molecular flexibility index (Phi) is 3.74. The fourth-order valence-electron chi connectivity index (χ4n) is 1.97. The molecule has 1 aliphatic rings. The zero-order valence-corrected chi connectivity index (χ0v) is 9.72. The van der Waals surface area contributed by atoms with E-state index >= 15 is 0 Å². The van der Waals surface area contributed by atoms with Crippen molar-refractivity contribution in [1.29, 1.82) is 0 Å². The molecule has 1 aromatic heterocycles. The Morgan fingerprint density at radius 1 is 1.50 bits per heavy atom. The fourth-order valence-corrected chi connectivity index (χ4v) is 1.97. The Labute approximate surface area is 96.4 Å². The van der Waals surface area contributed by atoms with E-state index in [2.05, 4.69) is 16.9 Å². The first-order valence-corrected chi connectivity index (χ1v) is 5.77. The van der Waals surface area contributed by atoms with Crippen molar-refractivity contribution in [3.63, 3.8) is 0 Å². The van der Waals surface area contributed by atoms with Crippen molar-refractivity contribution >= 4 is 0 Å². The third-order valence-electron chi connectivity index (χ3n) is 3.05. The molecule has 1 aliphatic heterocycles. The van der Waals surface area contributed by atoms with Crippen LogP contribution in [0.5, 0.6) is 5.75 Å². The summed E-state index contributed by atoms with van der Waals surface area (Å²) in [6.07, 6.45) is 5.99. The van der Waals surface area contributed by atoms with Gasteiger partial charge in [-0.2, -0.15) is 0 Å². The molecule has 88 valence electrons. The molecule has 1 fully saturated rings. The average molecular weight is 221 g/mol. The normalized spacial score (nSPS) is 18.6. The molecule has 0 saturated carbocycles. The van der Waals surface area contributed by atoms with E-state index in [4.69, 9.17) is 10.5 Å². The van der Waals surface area contributed by atoms with Crippen molar-refractivity contribution in [2.45, 2.75) is 25.5 Å². The van der Waals surface area contributed by atoms with Gasteiger partial charge in [0.15, 0.2) is 0 Å². The third kappa shape index (κ3) is 2.71. The molecule has 0 aromatic carbocycles. The predicted octanol–water partition coefficient (Wildman–Crippen LogP) is 1.01. The number of rotatable bonds is 3. The van der Waals surface area contributed by atoms with E-state index in [1.54, 1.807) is 12.4 Å². The van der Waals surface area contributed by atoms with Crippen LogP contribution in [0.2, 0.25) is 0 Å². The number of hydrogen-bond donors (Lipinski definition) is 1. The van der Waals surface area contributed by atoms with Crippen LogP contribution >= 0.6 is 0 Å². The van der Waals surface area contributed by atoms with Crippen LogP contribution in [0.15, 0.2) is 18.5 Å². The topological polar surface area (TPSA) is 51.4 Å². The molecule has 2 rings (SSSR count). The molecule has 2 heterocycles. The second-order valence-electron chi connectivity index (χ2n) is 4.31. The van der Waals surface area contributed by atoms with Crippen LogP contribution in [0.25, 0.3) is 0 Å². The molecule has 0 radical (unpaired) electrons. The lowest BCUT2D eigenvalue weighted by atomic mass is 10.1. The molecular formula is C12H19N3O. The van der Waals surface area contributed by atoms with Crippen molar-refractivity contribution in [2.24, 2.45) is 5.73 Å². The SMILES string of the molecule is CN1CCC(Oc2cnccc2CN)CC1. The summed E-state index contributed by atoms with van der Waals surface area (Å²) < 4.78 is 5.96.